The molecule has 1 aromatic heterocycles. The Kier molecular flexibility index (Phi) is 7.65. The summed E-state index contributed by atoms with van der Waals surface area (Å²) in [7, 11) is 1.58. The number of carbonyl (C=O) groups is 1. The fourth-order valence-corrected chi connectivity index (χ4v) is 3.10. The Bertz CT molecular complexity index is 982. The number of amides is 1. The Morgan fingerprint density at radius 2 is 1.90 bits per heavy atom. The zero-order chi connectivity index (χ0) is 21.3. The second kappa shape index (κ2) is 10.6. The summed E-state index contributed by atoms with van der Waals surface area (Å²) in [5.74, 6) is -0.0712. The lowest BCUT2D eigenvalue weighted by atomic mass is 10.1. The molecular weight excluding hydrogens is 402 g/mol. The maximum Gasteiger partial charge on any atom is 0.261 e. The first-order valence-corrected chi connectivity index (χ1v) is 9.95. The van der Waals surface area contributed by atoms with Crippen LogP contribution in [0.1, 0.15) is 28.9 Å². The molecule has 0 bridgehead atoms. The monoisotopic (exact) mass is 425 g/mol. The fourth-order valence-electron chi connectivity index (χ4n) is 2.87. The molecule has 2 N–H and O–H groups in total. The van der Waals surface area contributed by atoms with Gasteiger partial charge in [-0.25, -0.2) is 4.98 Å². The van der Waals surface area contributed by atoms with Crippen molar-refractivity contribution in [1.82, 2.24) is 4.98 Å². The third kappa shape index (κ3) is 5.72. The number of nitrogens with one attached hydrogen (secondary N) is 2. The average Bonchev–Trinajstić information content (AvgIpc) is 2.76. The molecule has 156 valence electrons. The summed E-state index contributed by atoms with van der Waals surface area (Å²) in [4.78, 5) is 16.8. The van der Waals surface area contributed by atoms with Gasteiger partial charge in [-0.15, -0.1) is 0 Å². The first-order chi connectivity index (χ1) is 14.6. The van der Waals surface area contributed by atoms with Gasteiger partial charge < -0.3 is 20.1 Å². The molecule has 0 unspecified atom stereocenters. The van der Waals surface area contributed by atoms with Gasteiger partial charge in [-0.1, -0.05) is 41.9 Å². The van der Waals surface area contributed by atoms with E-state index in [0.717, 1.165) is 11.3 Å². The molecule has 1 atom stereocenters. The number of hydrogen-bond donors (Lipinski definition) is 2. The smallest absolute Gasteiger partial charge is 0.261 e. The molecule has 7 heteroatoms. The maximum absolute atomic E-state index is 12.7. The molecule has 1 heterocycles. The third-order valence-corrected chi connectivity index (χ3v) is 4.75. The van der Waals surface area contributed by atoms with E-state index < -0.39 is 0 Å². The zero-order valence-corrected chi connectivity index (χ0v) is 17.6. The van der Waals surface area contributed by atoms with E-state index in [4.69, 9.17) is 21.1 Å². The molecule has 6 nitrogen and oxygen atoms in total. The van der Waals surface area contributed by atoms with E-state index in [1.807, 2.05) is 24.3 Å². The molecule has 3 rings (SSSR count). The second-order valence-corrected chi connectivity index (χ2v) is 7.03. The van der Waals surface area contributed by atoms with Gasteiger partial charge in [-0.3, -0.25) is 4.79 Å². The molecule has 0 aliphatic heterocycles. The zero-order valence-electron chi connectivity index (χ0n) is 16.9. The lowest BCUT2D eigenvalue weighted by molar-refractivity contribution is 0.101. The van der Waals surface area contributed by atoms with Crippen molar-refractivity contribution in [3.63, 3.8) is 0 Å². The van der Waals surface area contributed by atoms with Gasteiger partial charge in [0.25, 0.3) is 5.91 Å². The Labute approximate surface area is 181 Å². The van der Waals surface area contributed by atoms with Gasteiger partial charge >= 0.3 is 0 Å². The highest BCUT2D eigenvalue weighted by Crippen LogP contribution is 2.29. The SMILES string of the molecule is COCCOc1ncccc1C(=O)Nc1ccc(N[C@H](C)c2ccccc2)c(Cl)c1. The Balaban J connectivity index is 1.68. The third-order valence-electron chi connectivity index (χ3n) is 4.44. The summed E-state index contributed by atoms with van der Waals surface area (Å²) in [5, 5.41) is 6.74. The van der Waals surface area contributed by atoms with Crippen molar-refractivity contribution >= 4 is 28.9 Å². The molecule has 30 heavy (non-hydrogen) atoms. The predicted molar refractivity (Wildman–Crippen MR) is 119 cm³/mol. The number of aromatic nitrogens is 1. The molecule has 3 aromatic rings. The van der Waals surface area contributed by atoms with Crippen LogP contribution in [0.15, 0.2) is 66.9 Å². The van der Waals surface area contributed by atoms with E-state index in [1.54, 1.807) is 37.6 Å². The maximum atomic E-state index is 12.7. The van der Waals surface area contributed by atoms with Gasteiger partial charge in [0, 0.05) is 25.0 Å². The molecule has 1 amide bonds. The predicted octanol–water partition coefficient (Wildman–Crippen LogP) is 5.19. The summed E-state index contributed by atoms with van der Waals surface area (Å²) in [6, 6.07) is 18.9. The average molecular weight is 426 g/mol. The topological polar surface area (TPSA) is 72.5 Å². The van der Waals surface area contributed by atoms with Crippen molar-refractivity contribution in [2.24, 2.45) is 0 Å². The highest BCUT2D eigenvalue weighted by molar-refractivity contribution is 6.33. The number of hydrogen-bond acceptors (Lipinski definition) is 5. The highest BCUT2D eigenvalue weighted by atomic mass is 35.5. The van der Waals surface area contributed by atoms with Crippen molar-refractivity contribution in [3.05, 3.63) is 83.0 Å². The molecular formula is C23H24ClN3O3. The van der Waals surface area contributed by atoms with E-state index >= 15 is 0 Å². The normalized spacial score (nSPS) is 11.6. The van der Waals surface area contributed by atoms with Gasteiger partial charge in [-0.2, -0.15) is 0 Å². The van der Waals surface area contributed by atoms with Crippen LogP contribution in [-0.4, -0.2) is 31.2 Å². The fraction of sp³-hybridized carbons (Fsp3) is 0.217. The largest absolute Gasteiger partial charge is 0.475 e. The number of methoxy groups -OCH3 is 1. The minimum absolute atomic E-state index is 0.0892. The van der Waals surface area contributed by atoms with Crippen molar-refractivity contribution in [1.29, 1.82) is 0 Å². The number of anilines is 2. The van der Waals surface area contributed by atoms with Crippen LogP contribution in [0.3, 0.4) is 0 Å². The molecule has 0 saturated heterocycles. The molecule has 0 fully saturated rings. The van der Waals surface area contributed by atoms with Gasteiger partial charge in [0.2, 0.25) is 5.88 Å². The lowest BCUT2D eigenvalue weighted by Gasteiger charge is -2.17. The minimum Gasteiger partial charge on any atom is -0.475 e. The van der Waals surface area contributed by atoms with Crippen LogP contribution in [0.2, 0.25) is 5.02 Å². The summed E-state index contributed by atoms with van der Waals surface area (Å²) in [6.07, 6.45) is 1.57. The number of benzene rings is 2. The lowest BCUT2D eigenvalue weighted by Crippen LogP contribution is -2.16. The quantitative estimate of drug-likeness (QED) is 0.462. The van der Waals surface area contributed by atoms with E-state index in [0.29, 0.717) is 29.5 Å². The second-order valence-electron chi connectivity index (χ2n) is 6.62. The summed E-state index contributed by atoms with van der Waals surface area (Å²) < 4.78 is 10.5. The summed E-state index contributed by atoms with van der Waals surface area (Å²) in [5.41, 5.74) is 2.86. The Morgan fingerprint density at radius 1 is 1.10 bits per heavy atom. The van der Waals surface area contributed by atoms with E-state index in [9.17, 15) is 4.79 Å². The minimum atomic E-state index is -0.329. The standard InChI is InChI=1S/C23H24ClN3O3/c1-16(17-7-4-3-5-8-17)26-21-11-10-18(15-20(21)24)27-22(28)19-9-6-12-25-23(19)30-14-13-29-2/h3-12,15-16,26H,13-14H2,1-2H3,(H,27,28)/t16-/m1/s1. The summed E-state index contributed by atoms with van der Waals surface area (Å²) in [6.45, 7) is 2.78. The molecule has 2 aromatic carbocycles. The van der Waals surface area contributed by atoms with Crippen LogP contribution in [0.25, 0.3) is 0 Å². The number of rotatable bonds is 9. The van der Waals surface area contributed by atoms with E-state index in [-0.39, 0.29) is 17.8 Å². The van der Waals surface area contributed by atoms with Crippen molar-refractivity contribution in [3.8, 4) is 5.88 Å². The number of pyridine rings is 1. The van der Waals surface area contributed by atoms with E-state index in [2.05, 4.69) is 34.7 Å². The summed E-state index contributed by atoms with van der Waals surface area (Å²) >= 11 is 6.44. The van der Waals surface area contributed by atoms with E-state index in [1.165, 1.54) is 0 Å². The van der Waals surface area contributed by atoms with Crippen molar-refractivity contribution in [2.45, 2.75) is 13.0 Å². The van der Waals surface area contributed by atoms with Crippen molar-refractivity contribution in [2.75, 3.05) is 31.0 Å². The number of ether oxygens (including phenoxy) is 2. The molecule has 0 spiro atoms. The number of nitrogens with zero attached hydrogens (tertiary/aromatic N) is 1. The van der Waals surface area contributed by atoms with Gasteiger partial charge in [-0.05, 0) is 42.8 Å². The number of halogens is 1. The molecule has 0 aliphatic rings. The first kappa shape index (κ1) is 21.6. The van der Waals surface area contributed by atoms with Gasteiger partial charge in [0.1, 0.15) is 12.2 Å². The Morgan fingerprint density at radius 3 is 2.63 bits per heavy atom. The van der Waals surface area contributed by atoms with Crippen LogP contribution in [-0.2, 0) is 4.74 Å². The van der Waals surface area contributed by atoms with Crippen LogP contribution in [0, 0.1) is 0 Å². The van der Waals surface area contributed by atoms with Crippen LogP contribution >= 0.6 is 11.6 Å². The van der Waals surface area contributed by atoms with Gasteiger partial charge in [0.05, 0.1) is 17.3 Å². The van der Waals surface area contributed by atoms with Crippen LogP contribution < -0.4 is 15.4 Å². The number of carbonyl (C=O) groups excluding carboxylic acids is 1. The molecule has 0 radical (unpaired) electrons. The van der Waals surface area contributed by atoms with Gasteiger partial charge in [0.15, 0.2) is 0 Å². The molecule has 0 aliphatic carbocycles. The molecule has 0 saturated carbocycles. The van der Waals surface area contributed by atoms with Crippen LogP contribution in [0.4, 0.5) is 11.4 Å². The van der Waals surface area contributed by atoms with Crippen molar-refractivity contribution < 1.29 is 14.3 Å². The van der Waals surface area contributed by atoms with Crippen LogP contribution in [0.5, 0.6) is 5.88 Å². The highest BCUT2D eigenvalue weighted by Gasteiger charge is 2.15. The Hall–Kier alpha value is -3.09. The first-order valence-electron chi connectivity index (χ1n) is 9.57.